The molecular formula is C23H29N3O9S. The third-order valence-corrected chi connectivity index (χ3v) is 7.12. The first-order valence-electron chi connectivity index (χ1n) is 10.8. The fourth-order valence-corrected chi connectivity index (χ4v) is 4.93. The van der Waals surface area contributed by atoms with Gasteiger partial charge in [0.2, 0.25) is 15.9 Å². The number of carbonyl (C=O) groups excluding carboxylic acids is 1. The first-order valence-corrected chi connectivity index (χ1v) is 12.2. The predicted octanol–water partition coefficient (Wildman–Crippen LogP) is 1.32. The minimum absolute atomic E-state index is 0.200. The van der Waals surface area contributed by atoms with E-state index in [9.17, 15) is 13.2 Å². The van der Waals surface area contributed by atoms with Crippen LogP contribution in [-0.2, 0) is 31.0 Å². The Bertz CT molecular complexity index is 1160. The number of methoxy groups -OCH3 is 2. The maximum Gasteiger partial charge on any atom is 0.414 e. The van der Waals surface area contributed by atoms with Gasteiger partial charge in [0.05, 0.1) is 19.1 Å². The largest absolute Gasteiger partial charge is 0.493 e. The molecule has 1 aliphatic rings. The van der Waals surface area contributed by atoms with Crippen molar-refractivity contribution in [3.63, 3.8) is 0 Å². The van der Waals surface area contributed by atoms with Crippen molar-refractivity contribution in [3.05, 3.63) is 48.0 Å². The maximum absolute atomic E-state index is 13.0. The molecule has 36 heavy (non-hydrogen) atoms. The van der Waals surface area contributed by atoms with Crippen molar-refractivity contribution in [2.24, 2.45) is 0 Å². The molecule has 0 bridgehead atoms. The molecule has 1 amide bonds. The molecule has 3 N–H and O–H groups in total. The standard InChI is InChI=1S/C21H27N3O5S.C2H2O4/c1-16(25)22-18-7-9-19(10-8-18)30(26,27)24-13-11-23(12-14-24)15-17-5-4-6-20(28-2)21(17)29-3;3-1(4)2(5)6/h4-10H,11-15H2,1-3H3,(H,22,25);(H,3,4)(H,5,6). The molecule has 1 aliphatic heterocycles. The molecule has 1 fully saturated rings. The van der Waals surface area contributed by atoms with Gasteiger partial charge in [0.1, 0.15) is 0 Å². The van der Waals surface area contributed by atoms with Crippen LogP contribution in [0.3, 0.4) is 0 Å². The number of carboxylic acids is 2. The monoisotopic (exact) mass is 523 g/mol. The van der Waals surface area contributed by atoms with E-state index in [0.29, 0.717) is 49.9 Å². The summed E-state index contributed by atoms with van der Waals surface area (Å²) in [5, 5.41) is 17.4. The zero-order valence-electron chi connectivity index (χ0n) is 20.1. The number of hydrogen-bond acceptors (Lipinski definition) is 8. The van der Waals surface area contributed by atoms with Crippen LogP contribution in [0.5, 0.6) is 11.5 Å². The molecular weight excluding hydrogens is 494 g/mol. The summed E-state index contributed by atoms with van der Waals surface area (Å²) >= 11 is 0. The number of anilines is 1. The zero-order chi connectivity index (χ0) is 26.9. The van der Waals surface area contributed by atoms with Crippen molar-refractivity contribution < 1.29 is 42.5 Å². The van der Waals surface area contributed by atoms with Gasteiger partial charge < -0.3 is 25.0 Å². The molecule has 1 heterocycles. The van der Waals surface area contributed by atoms with Gasteiger partial charge in [-0.2, -0.15) is 4.31 Å². The predicted molar refractivity (Wildman–Crippen MR) is 130 cm³/mol. The van der Waals surface area contributed by atoms with E-state index in [0.717, 1.165) is 5.56 Å². The molecule has 13 heteroatoms. The van der Waals surface area contributed by atoms with Gasteiger partial charge in [-0.05, 0) is 30.3 Å². The highest BCUT2D eigenvalue weighted by atomic mass is 32.2. The van der Waals surface area contributed by atoms with Crippen LogP contribution in [-0.4, -0.2) is 86.1 Å². The second-order valence-corrected chi connectivity index (χ2v) is 9.59. The van der Waals surface area contributed by atoms with Crippen LogP contribution in [0.2, 0.25) is 0 Å². The number of para-hydroxylation sites is 1. The summed E-state index contributed by atoms with van der Waals surface area (Å²) in [6, 6.07) is 12.0. The van der Waals surface area contributed by atoms with Crippen LogP contribution in [0.25, 0.3) is 0 Å². The Morgan fingerprint density at radius 1 is 0.917 bits per heavy atom. The van der Waals surface area contributed by atoms with E-state index in [-0.39, 0.29) is 10.8 Å². The number of aliphatic carboxylic acids is 2. The molecule has 0 aromatic heterocycles. The fourth-order valence-electron chi connectivity index (χ4n) is 3.51. The highest BCUT2D eigenvalue weighted by Gasteiger charge is 2.29. The Kier molecular flexibility index (Phi) is 10.2. The SMILES string of the molecule is COc1cccc(CN2CCN(S(=O)(=O)c3ccc(NC(C)=O)cc3)CC2)c1OC.O=C(O)C(=O)O. The minimum Gasteiger partial charge on any atom is -0.493 e. The molecule has 0 radical (unpaired) electrons. The molecule has 2 aromatic carbocycles. The number of carboxylic acid groups (broad SMARTS) is 2. The van der Waals surface area contributed by atoms with Gasteiger partial charge in [-0.15, -0.1) is 0 Å². The average molecular weight is 524 g/mol. The van der Waals surface area contributed by atoms with Gasteiger partial charge in [0, 0.05) is 50.9 Å². The van der Waals surface area contributed by atoms with E-state index in [1.54, 1.807) is 26.4 Å². The van der Waals surface area contributed by atoms with Crippen LogP contribution in [0.4, 0.5) is 5.69 Å². The highest BCUT2D eigenvalue weighted by Crippen LogP contribution is 2.32. The third-order valence-electron chi connectivity index (χ3n) is 5.21. The number of benzene rings is 2. The smallest absolute Gasteiger partial charge is 0.414 e. The lowest BCUT2D eigenvalue weighted by atomic mass is 10.1. The highest BCUT2D eigenvalue weighted by molar-refractivity contribution is 7.89. The number of nitrogens with one attached hydrogen (secondary N) is 1. The summed E-state index contributed by atoms with van der Waals surface area (Å²) in [4.78, 5) is 31.7. The van der Waals surface area contributed by atoms with E-state index in [2.05, 4.69) is 10.2 Å². The minimum atomic E-state index is -3.58. The molecule has 1 saturated heterocycles. The van der Waals surface area contributed by atoms with Crippen molar-refractivity contribution in [2.45, 2.75) is 18.4 Å². The van der Waals surface area contributed by atoms with Crippen LogP contribution in [0, 0.1) is 0 Å². The number of amides is 1. The van der Waals surface area contributed by atoms with Gasteiger partial charge >= 0.3 is 11.9 Å². The van der Waals surface area contributed by atoms with Crippen molar-refractivity contribution >= 4 is 33.6 Å². The van der Waals surface area contributed by atoms with Crippen molar-refractivity contribution in [1.29, 1.82) is 0 Å². The number of piperazine rings is 1. The van der Waals surface area contributed by atoms with Gasteiger partial charge in [-0.3, -0.25) is 9.69 Å². The van der Waals surface area contributed by atoms with Gasteiger partial charge in [0.15, 0.2) is 11.5 Å². The van der Waals surface area contributed by atoms with Crippen molar-refractivity contribution in [3.8, 4) is 11.5 Å². The normalized spacial score (nSPS) is 14.2. The number of ether oxygens (including phenoxy) is 2. The Morgan fingerprint density at radius 2 is 1.50 bits per heavy atom. The Balaban J connectivity index is 0.000000678. The molecule has 0 saturated carbocycles. The van der Waals surface area contributed by atoms with Gasteiger partial charge in [-0.1, -0.05) is 12.1 Å². The van der Waals surface area contributed by atoms with E-state index in [4.69, 9.17) is 29.3 Å². The second kappa shape index (κ2) is 12.9. The van der Waals surface area contributed by atoms with Crippen LogP contribution in [0.1, 0.15) is 12.5 Å². The van der Waals surface area contributed by atoms with E-state index in [1.165, 1.54) is 23.4 Å². The summed E-state index contributed by atoms with van der Waals surface area (Å²) in [6.07, 6.45) is 0. The van der Waals surface area contributed by atoms with Crippen LogP contribution >= 0.6 is 0 Å². The number of carbonyl (C=O) groups is 3. The molecule has 0 spiro atoms. The Morgan fingerprint density at radius 3 is 1.97 bits per heavy atom. The molecule has 12 nitrogen and oxygen atoms in total. The summed E-state index contributed by atoms with van der Waals surface area (Å²) in [5.41, 5.74) is 1.57. The first kappa shape index (κ1) is 28.6. The lowest BCUT2D eigenvalue weighted by Gasteiger charge is -2.34. The van der Waals surface area contributed by atoms with Gasteiger partial charge in [0.25, 0.3) is 0 Å². The third kappa shape index (κ3) is 7.66. The van der Waals surface area contributed by atoms with Crippen molar-refractivity contribution in [2.75, 3.05) is 45.7 Å². The first-order chi connectivity index (χ1) is 17.0. The summed E-state index contributed by atoms with van der Waals surface area (Å²) < 4.78 is 38.2. The van der Waals surface area contributed by atoms with Crippen LogP contribution in [0.15, 0.2) is 47.4 Å². The second-order valence-electron chi connectivity index (χ2n) is 7.65. The quantitative estimate of drug-likeness (QED) is 0.451. The summed E-state index contributed by atoms with van der Waals surface area (Å²) in [6.45, 7) is 4.10. The zero-order valence-corrected chi connectivity index (χ0v) is 20.9. The van der Waals surface area contributed by atoms with Gasteiger partial charge in [-0.25, -0.2) is 18.0 Å². The van der Waals surface area contributed by atoms with E-state index >= 15 is 0 Å². The lowest BCUT2D eigenvalue weighted by molar-refractivity contribution is -0.159. The molecule has 196 valence electrons. The summed E-state index contributed by atoms with van der Waals surface area (Å²) in [5.74, 6) is -2.47. The van der Waals surface area contributed by atoms with E-state index in [1.807, 2.05) is 18.2 Å². The molecule has 0 aliphatic carbocycles. The topological polar surface area (TPSA) is 163 Å². The fraction of sp³-hybridized carbons (Fsp3) is 0.348. The molecule has 0 unspecified atom stereocenters. The summed E-state index contributed by atoms with van der Waals surface area (Å²) in [7, 11) is -0.358. The van der Waals surface area contributed by atoms with Crippen LogP contribution < -0.4 is 14.8 Å². The van der Waals surface area contributed by atoms with Crippen molar-refractivity contribution in [1.82, 2.24) is 9.21 Å². The van der Waals surface area contributed by atoms with E-state index < -0.39 is 22.0 Å². The molecule has 0 atom stereocenters. The average Bonchev–Trinajstić information content (AvgIpc) is 2.84. The Hall–Kier alpha value is -3.68. The lowest BCUT2D eigenvalue weighted by Crippen LogP contribution is -2.48. The number of nitrogens with zero attached hydrogens (tertiary/aromatic N) is 2. The number of sulfonamides is 1. The molecule has 2 aromatic rings. The maximum atomic E-state index is 13.0. The molecule has 3 rings (SSSR count). The Labute approximate surface area is 209 Å². The number of hydrogen-bond donors (Lipinski definition) is 3. The number of rotatable bonds is 7.